The zero-order valence-corrected chi connectivity index (χ0v) is 11.2. The maximum Gasteiger partial charge on any atom is -0.0254 e. The van der Waals surface area contributed by atoms with Gasteiger partial charge in [0, 0.05) is 0 Å². The first-order valence-electron chi connectivity index (χ1n) is 6.54. The van der Waals surface area contributed by atoms with Crippen molar-refractivity contribution in [2.24, 2.45) is 5.92 Å². The van der Waals surface area contributed by atoms with E-state index in [9.17, 15) is 0 Å². The third-order valence-corrected chi connectivity index (χ3v) is 3.01. The Morgan fingerprint density at radius 1 is 1.00 bits per heavy atom. The molecule has 0 radical (unpaired) electrons. The normalized spacial score (nSPS) is 10.5. The minimum atomic E-state index is 0.818. The second-order valence-electron chi connectivity index (χ2n) is 5.06. The molecule has 0 nitrogen and oxygen atoms in total. The summed E-state index contributed by atoms with van der Waals surface area (Å²) in [5, 5.41) is 0. The Morgan fingerprint density at radius 2 is 1.59 bits per heavy atom. The third kappa shape index (κ3) is 5.04. The molecule has 0 heterocycles. The van der Waals surface area contributed by atoms with Gasteiger partial charge in [-0.05, 0) is 41.5 Å². The molecule has 0 bridgehead atoms. The van der Waals surface area contributed by atoms with E-state index in [0.29, 0.717) is 0 Å². The molecule has 0 saturated carbocycles. The van der Waals surface area contributed by atoms with Crippen molar-refractivity contribution in [2.45, 2.75) is 39.5 Å². The summed E-state index contributed by atoms with van der Waals surface area (Å²) in [5.41, 5.74) is 3.79. The highest BCUT2D eigenvalue weighted by Crippen LogP contribution is 2.16. The zero-order chi connectivity index (χ0) is 12.7. The first kappa shape index (κ1) is 13.8. The van der Waals surface area contributed by atoms with E-state index in [2.05, 4.69) is 45.2 Å². The second-order valence-corrected chi connectivity index (χ2v) is 5.06. The van der Waals surface area contributed by atoms with Crippen molar-refractivity contribution in [1.29, 1.82) is 0 Å². The Balaban J connectivity index is 2.57. The SMILES string of the molecule is C=Cc1cc(C=C)cc(CCCCC(C)C)c1. The number of hydrogen-bond acceptors (Lipinski definition) is 0. The van der Waals surface area contributed by atoms with E-state index >= 15 is 0 Å². The Kier molecular flexibility index (Phi) is 5.76. The Labute approximate surface area is 106 Å². The van der Waals surface area contributed by atoms with Gasteiger partial charge in [0.25, 0.3) is 0 Å². The predicted octanol–water partition coefficient (Wildman–Crippen LogP) is 5.34. The van der Waals surface area contributed by atoms with Crippen LogP contribution in [0.2, 0.25) is 0 Å². The van der Waals surface area contributed by atoms with Crippen molar-refractivity contribution in [3.63, 3.8) is 0 Å². The topological polar surface area (TPSA) is 0 Å². The molecule has 0 amide bonds. The first-order valence-corrected chi connectivity index (χ1v) is 6.54. The average molecular weight is 228 g/mol. The molecule has 0 fully saturated rings. The zero-order valence-electron chi connectivity index (χ0n) is 11.2. The molecule has 1 aromatic carbocycles. The van der Waals surface area contributed by atoms with E-state index in [-0.39, 0.29) is 0 Å². The molecular formula is C17H24. The maximum absolute atomic E-state index is 3.83. The molecule has 1 aromatic rings. The fraction of sp³-hybridized carbons (Fsp3) is 0.412. The van der Waals surface area contributed by atoms with Gasteiger partial charge < -0.3 is 0 Å². The lowest BCUT2D eigenvalue weighted by molar-refractivity contribution is 0.538. The van der Waals surface area contributed by atoms with Crippen LogP contribution in [-0.2, 0) is 6.42 Å². The quantitative estimate of drug-likeness (QED) is 0.552. The van der Waals surface area contributed by atoms with Crippen molar-refractivity contribution in [2.75, 3.05) is 0 Å². The summed E-state index contributed by atoms with van der Waals surface area (Å²) in [6, 6.07) is 6.59. The number of hydrogen-bond donors (Lipinski definition) is 0. The summed E-state index contributed by atoms with van der Waals surface area (Å²) in [4.78, 5) is 0. The fourth-order valence-corrected chi connectivity index (χ4v) is 2.01. The van der Waals surface area contributed by atoms with Crippen LogP contribution in [0.1, 0.15) is 49.8 Å². The lowest BCUT2D eigenvalue weighted by atomic mass is 9.99. The second kappa shape index (κ2) is 7.11. The molecule has 0 spiro atoms. The molecule has 92 valence electrons. The lowest BCUT2D eigenvalue weighted by Crippen LogP contribution is -1.91. The van der Waals surface area contributed by atoms with Crippen LogP contribution in [0.25, 0.3) is 12.2 Å². The lowest BCUT2D eigenvalue weighted by Gasteiger charge is -2.07. The van der Waals surface area contributed by atoms with Gasteiger partial charge in [-0.2, -0.15) is 0 Å². The molecule has 0 saturated heterocycles. The van der Waals surface area contributed by atoms with Crippen molar-refractivity contribution in [3.8, 4) is 0 Å². The molecular weight excluding hydrogens is 204 g/mol. The van der Waals surface area contributed by atoms with Gasteiger partial charge in [-0.1, -0.05) is 64.1 Å². The van der Waals surface area contributed by atoms with E-state index in [0.717, 1.165) is 12.3 Å². The minimum Gasteiger partial charge on any atom is -0.0985 e. The molecule has 0 heteroatoms. The molecule has 0 atom stereocenters. The van der Waals surface area contributed by atoms with Crippen LogP contribution >= 0.6 is 0 Å². The van der Waals surface area contributed by atoms with Crippen LogP contribution in [0.3, 0.4) is 0 Å². The van der Waals surface area contributed by atoms with Gasteiger partial charge in [0.05, 0.1) is 0 Å². The molecule has 0 N–H and O–H groups in total. The molecule has 1 rings (SSSR count). The molecule has 0 aliphatic rings. The fourth-order valence-electron chi connectivity index (χ4n) is 2.01. The van der Waals surface area contributed by atoms with Crippen LogP contribution in [-0.4, -0.2) is 0 Å². The number of rotatable bonds is 7. The van der Waals surface area contributed by atoms with Crippen molar-refractivity contribution >= 4 is 12.2 Å². The van der Waals surface area contributed by atoms with E-state index in [1.54, 1.807) is 0 Å². The summed E-state index contributed by atoms with van der Waals surface area (Å²) in [6.07, 6.45) is 8.90. The number of aryl methyl sites for hydroxylation is 1. The number of unbranched alkanes of at least 4 members (excludes halogenated alkanes) is 1. The van der Waals surface area contributed by atoms with Gasteiger partial charge in [0.1, 0.15) is 0 Å². The Bertz CT molecular complexity index is 345. The van der Waals surface area contributed by atoms with Crippen LogP contribution in [0.4, 0.5) is 0 Å². The molecule has 0 aromatic heterocycles. The summed E-state index contributed by atoms with van der Waals surface area (Å²) >= 11 is 0. The van der Waals surface area contributed by atoms with Gasteiger partial charge >= 0.3 is 0 Å². The molecule has 0 aliphatic carbocycles. The summed E-state index contributed by atoms with van der Waals surface area (Å²) in [5.74, 6) is 0.818. The molecule has 17 heavy (non-hydrogen) atoms. The predicted molar refractivity (Wildman–Crippen MR) is 79.0 cm³/mol. The average Bonchev–Trinajstić information content (AvgIpc) is 2.34. The summed E-state index contributed by atoms with van der Waals surface area (Å²) < 4.78 is 0. The molecule has 0 aliphatic heterocycles. The maximum atomic E-state index is 3.83. The van der Waals surface area contributed by atoms with Gasteiger partial charge in [-0.15, -0.1) is 0 Å². The Morgan fingerprint density at radius 3 is 2.06 bits per heavy atom. The van der Waals surface area contributed by atoms with Gasteiger partial charge in [-0.3, -0.25) is 0 Å². The minimum absolute atomic E-state index is 0.818. The van der Waals surface area contributed by atoms with Crippen LogP contribution in [0.15, 0.2) is 31.4 Å². The van der Waals surface area contributed by atoms with Crippen LogP contribution in [0, 0.1) is 5.92 Å². The molecule has 0 unspecified atom stereocenters. The van der Waals surface area contributed by atoms with Crippen molar-refractivity contribution < 1.29 is 0 Å². The van der Waals surface area contributed by atoms with Gasteiger partial charge in [0.15, 0.2) is 0 Å². The Hall–Kier alpha value is -1.30. The van der Waals surface area contributed by atoms with Crippen LogP contribution in [0.5, 0.6) is 0 Å². The van der Waals surface area contributed by atoms with E-state index in [1.165, 1.54) is 36.0 Å². The highest BCUT2D eigenvalue weighted by Gasteiger charge is 1.99. The number of benzene rings is 1. The van der Waals surface area contributed by atoms with E-state index in [4.69, 9.17) is 0 Å². The first-order chi connectivity index (χ1) is 8.15. The van der Waals surface area contributed by atoms with Gasteiger partial charge in [-0.25, -0.2) is 0 Å². The van der Waals surface area contributed by atoms with Crippen LogP contribution < -0.4 is 0 Å². The third-order valence-electron chi connectivity index (χ3n) is 3.01. The highest BCUT2D eigenvalue weighted by molar-refractivity contribution is 5.57. The monoisotopic (exact) mass is 228 g/mol. The van der Waals surface area contributed by atoms with Gasteiger partial charge in [0.2, 0.25) is 0 Å². The van der Waals surface area contributed by atoms with Crippen molar-refractivity contribution in [3.05, 3.63) is 48.0 Å². The van der Waals surface area contributed by atoms with E-state index in [1.807, 2.05) is 12.2 Å². The standard InChI is InChI=1S/C17H24/c1-5-15-11-16(6-2)13-17(12-15)10-8-7-9-14(3)4/h5-6,11-14H,1-2,7-10H2,3-4H3. The smallest absolute Gasteiger partial charge is 0.0254 e. The van der Waals surface area contributed by atoms with E-state index < -0.39 is 0 Å². The largest absolute Gasteiger partial charge is 0.0985 e. The summed E-state index contributed by atoms with van der Waals surface area (Å²) in [6.45, 7) is 12.2. The highest BCUT2D eigenvalue weighted by atomic mass is 14.0. The summed E-state index contributed by atoms with van der Waals surface area (Å²) in [7, 11) is 0. The van der Waals surface area contributed by atoms with Crippen molar-refractivity contribution in [1.82, 2.24) is 0 Å².